The molecule has 0 aliphatic rings. The first-order chi connectivity index (χ1) is 15.5. The topological polar surface area (TPSA) is 218 Å². The van der Waals surface area contributed by atoms with Crippen LogP contribution in [0.1, 0.15) is 22.3 Å². The van der Waals surface area contributed by atoms with Crippen LogP contribution in [0, 0.1) is 5.41 Å². The third-order valence-corrected chi connectivity index (χ3v) is 5.95. The summed E-state index contributed by atoms with van der Waals surface area (Å²) in [5.41, 5.74) is 11.7. The van der Waals surface area contributed by atoms with E-state index in [0.29, 0.717) is 11.1 Å². The maximum Gasteiger partial charge on any atom is 0.323 e. The summed E-state index contributed by atoms with van der Waals surface area (Å²) >= 11 is 0. The van der Waals surface area contributed by atoms with Crippen LogP contribution in [0.4, 0.5) is 5.69 Å². The minimum Gasteiger partial charge on any atom is -0.480 e. The highest BCUT2D eigenvalue weighted by atomic mass is 32.2. The van der Waals surface area contributed by atoms with Gasteiger partial charge in [0.2, 0.25) is 15.9 Å². The van der Waals surface area contributed by atoms with Crippen LogP contribution in [-0.2, 0) is 19.6 Å². The van der Waals surface area contributed by atoms with Gasteiger partial charge in [-0.05, 0) is 24.3 Å². The second-order valence-electron chi connectivity index (χ2n) is 6.85. The van der Waals surface area contributed by atoms with Gasteiger partial charge in [-0.25, -0.2) is 8.42 Å². The SMILES string of the molecule is N=C(N)c1ccc(C(=O)NCCC(=O)NC[C@H](NS(=O)(=O)c2ccccc2N)C(=O)O)cc1. The number of anilines is 1. The molecule has 13 heteroatoms. The molecule has 0 saturated carbocycles. The van der Waals surface area contributed by atoms with Crippen molar-refractivity contribution in [1.82, 2.24) is 15.4 Å². The number of hydrogen-bond acceptors (Lipinski definition) is 7. The molecular formula is C20H24N6O6S. The Morgan fingerprint density at radius 1 is 1.00 bits per heavy atom. The summed E-state index contributed by atoms with van der Waals surface area (Å²) in [7, 11) is -4.24. The molecule has 0 bridgehead atoms. The Balaban J connectivity index is 1.85. The van der Waals surface area contributed by atoms with Gasteiger partial charge in [0.05, 0.1) is 5.69 Å². The highest BCUT2D eigenvalue weighted by Gasteiger charge is 2.27. The second kappa shape index (κ2) is 11.1. The smallest absolute Gasteiger partial charge is 0.323 e. The Kier molecular flexibility index (Phi) is 8.48. The van der Waals surface area contributed by atoms with E-state index in [1.807, 2.05) is 4.72 Å². The van der Waals surface area contributed by atoms with Crippen molar-refractivity contribution in [3.63, 3.8) is 0 Å². The number of benzene rings is 2. The Bertz CT molecular complexity index is 1150. The summed E-state index contributed by atoms with van der Waals surface area (Å²) in [5.74, 6) is -2.66. The fourth-order valence-electron chi connectivity index (χ4n) is 2.65. The number of hydrogen-bond donors (Lipinski definition) is 7. The highest BCUT2D eigenvalue weighted by Crippen LogP contribution is 2.17. The summed E-state index contributed by atoms with van der Waals surface area (Å²) in [5, 5.41) is 21.5. The standard InChI is InChI=1S/C20H24N6O6S/c21-14-3-1-2-4-16(14)33(31,32)26-15(20(29)30)11-25-17(27)9-10-24-19(28)13-7-5-12(6-8-13)18(22)23/h1-8,15,26H,9-11,21H2,(H3,22,23)(H,24,28)(H,25,27)(H,29,30)/t15-/m0/s1. The number of nitrogens with two attached hydrogens (primary N) is 2. The lowest BCUT2D eigenvalue weighted by Crippen LogP contribution is -2.48. The quantitative estimate of drug-likeness (QED) is 0.124. The Morgan fingerprint density at radius 2 is 1.61 bits per heavy atom. The van der Waals surface area contributed by atoms with Crippen LogP contribution in [0.5, 0.6) is 0 Å². The zero-order valence-corrected chi connectivity index (χ0v) is 18.2. The summed E-state index contributed by atoms with van der Waals surface area (Å²) in [4.78, 5) is 35.3. The molecule has 176 valence electrons. The molecule has 0 aromatic heterocycles. The maximum absolute atomic E-state index is 12.4. The fourth-order valence-corrected chi connectivity index (χ4v) is 3.97. The molecule has 0 aliphatic heterocycles. The first-order valence-corrected chi connectivity index (χ1v) is 11.1. The van der Waals surface area contributed by atoms with Crippen molar-refractivity contribution in [1.29, 1.82) is 5.41 Å². The molecule has 33 heavy (non-hydrogen) atoms. The van der Waals surface area contributed by atoms with Crippen LogP contribution in [0.2, 0.25) is 0 Å². The molecule has 2 rings (SSSR count). The van der Waals surface area contributed by atoms with Crippen molar-refractivity contribution < 1.29 is 27.9 Å². The average molecular weight is 477 g/mol. The Morgan fingerprint density at radius 3 is 2.18 bits per heavy atom. The first-order valence-electron chi connectivity index (χ1n) is 9.60. The van der Waals surface area contributed by atoms with Crippen LogP contribution in [-0.4, -0.2) is 56.3 Å². The molecule has 0 saturated heterocycles. The fraction of sp³-hybridized carbons (Fsp3) is 0.200. The van der Waals surface area contributed by atoms with Gasteiger partial charge in [-0.15, -0.1) is 0 Å². The highest BCUT2D eigenvalue weighted by molar-refractivity contribution is 7.89. The lowest BCUT2D eigenvalue weighted by atomic mass is 10.1. The van der Waals surface area contributed by atoms with Gasteiger partial charge in [-0.2, -0.15) is 4.72 Å². The molecule has 0 radical (unpaired) electrons. The van der Waals surface area contributed by atoms with E-state index < -0.39 is 40.4 Å². The van der Waals surface area contributed by atoms with Crippen molar-refractivity contribution in [2.45, 2.75) is 17.4 Å². The van der Waals surface area contributed by atoms with E-state index in [1.165, 1.54) is 48.5 Å². The molecule has 0 unspecified atom stereocenters. The largest absolute Gasteiger partial charge is 0.480 e. The predicted molar refractivity (Wildman–Crippen MR) is 120 cm³/mol. The maximum atomic E-state index is 12.4. The zero-order valence-electron chi connectivity index (χ0n) is 17.4. The number of nitrogens with one attached hydrogen (secondary N) is 4. The third-order valence-electron chi connectivity index (χ3n) is 4.40. The van der Waals surface area contributed by atoms with E-state index in [9.17, 15) is 27.9 Å². The van der Waals surface area contributed by atoms with Gasteiger partial charge in [0.25, 0.3) is 5.91 Å². The number of aliphatic carboxylic acids is 1. The number of carbonyl (C=O) groups excluding carboxylic acids is 2. The summed E-state index contributed by atoms with van der Waals surface area (Å²) in [6.45, 7) is -0.552. The number of rotatable bonds is 11. The monoisotopic (exact) mass is 476 g/mol. The number of carboxylic acid groups (broad SMARTS) is 1. The molecule has 9 N–H and O–H groups in total. The normalized spacial score (nSPS) is 11.9. The number of sulfonamides is 1. The summed E-state index contributed by atoms with van der Waals surface area (Å²) in [6.07, 6.45) is -0.165. The van der Waals surface area contributed by atoms with Crippen molar-refractivity contribution in [2.24, 2.45) is 5.73 Å². The zero-order chi connectivity index (χ0) is 24.6. The van der Waals surface area contributed by atoms with Crippen LogP contribution >= 0.6 is 0 Å². The molecule has 0 fully saturated rings. The molecular weight excluding hydrogens is 452 g/mol. The second-order valence-corrected chi connectivity index (χ2v) is 8.53. The van der Waals surface area contributed by atoms with Gasteiger partial charge in [-0.1, -0.05) is 24.3 Å². The number of para-hydroxylation sites is 1. The van der Waals surface area contributed by atoms with Gasteiger partial charge in [0.15, 0.2) is 0 Å². The van der Waals surface area contributed by atoms with E-state index in [-0.39, 0.29) is 29.4 Å². The van der Waals surface area contributed by atoms with Gasteiger partial charge in [0.1, 0.15) is 16.8 Å². The molecule has 12 nitrogen and oxygen atoms in total. The van der Waals surface area contributed by atoms with E-state index in [1.54, 1.807) is 0 Å². The number of carbonyl (C=O) groups is 3. The molecule has 0 aliphatic carbocycles. The van der Waals surface area contributed by atoms with Crippen molar-refractivity contribution in [3.8, 4) is 0 Å². The van der Waals surface area contributed by atoms with Gasteiger partial charge >= 0.3 is 5.97 Å². The number of carboxylic acids is 1. The van der Waals surface area contributed by atoms with Crippen LogP contribution < -0.4 is 26.8 Å². The molecule has 2 aromatic rings. The number of amidine groups is 1. The minimum absolute atomic E-state index is 0.0386. The van der Waals surface area contributed by atoms with E-state index in [4.69, 9.17) is 16.9 Å². The van der Waals surface area contributed by atoms with E-state index in [0.717, 1.165) is 0 Å². The Hall–Kier alpha value is -3.97. The average Bonchev–Trinajstić information content (AvgIpc) is 2.76. The lowest BCUT2D eigenvalue weighted by Gasteiger charge is -2.16. The molecule has 1 atom stereocenters. The van der Waals surface area contributed by atoms with E-state index >= 15 is 0 Å². The third kappa shape index (κ3) is 7.29. The summed E-state index contributed by atoms with van der Waals surface area (Å²) in [6, 6.07) is 9.92. The Labute approximate surface area is 189 Å². The molecule has 0 spiro atoms. The molecule has 2 aromatic carbocycles. The molecule has 2 amide bonds. The van der Waals surface area contributed by atoms with Crippen molar-refractivity contribution in [2.75, 3.05) is 18.8 Å². The summed E-state index contributed by atoms with van der Waals surface area (Å²) < 4.78 is 26.8. The minimum atomic E-state index is -4.24. The van der Waals surface area contributed by atoms with Crippen molar-refractivity contribution >= 4 is 39.3 Å². The van der Waals surface area contributed by atoms with Gasteiger partial charge in [-0.3, -0.25) is 19.8 Å². The van der Waals surface area contributed by atoms with Gasteiger partial charge < -0.3 is 27.2 Å². The van der Waals surface area contributed by atoms with Crippen LogP contribution in [0.25, 0.3) is 0 Å². The molecule has 0 heterocycles. The number of amides is 2. The van der Waals surface area contributed by atoms with Crippen LogP contribution in [0.15, 0.2) is 53.4 Å². The predicted octanol–water partition coefficient (Wildman–Crippen LogP) is -0.779. The van der Waals surface area contributed by atoms with Gasteiger partial charge in [0, 0.05) is 30.6 Å². The van der Waals surface area contributed by atoms with E-state index in [2.05, 4.69) is 10.6 Å². The lowest BCUT2D eigenvalue weighted by molar-refractivity contribution is -0.138. The van der Waals surface area contributed by atoms with Crippen molar-refractivity contribution in [3.05, 3.63) is 59.7 Å². The first kappa shape index (κ1) is 25.3. The number of nitrogen functional groups attached to an aromatic ring is 2. The van der Waals surface area contributed by atoms with Crippen LogP contribution in [0.3, 0.4) is 0 Å².